The van der Waals surface area contributed by atoms with E-state index < -0.39 is 58.5 Å². The van der Waals surface area contributed by atoms with Gasteiger partial charge in [0.15, 0.2) is 29.1 Å². The largest absolute Gasteiger partial charge is 0.459 e. The first-order chi connectivity index (χ1) is 22.9. The molecule has 1 heterocycles. The Morgan fingerprint density at radius 2 is 1.55 bits per heavy atom. The molecule has 4 rings (SSSR count). The lowest BCUT2D eigenvalue weighted by Crippen LogP contribution is -2.46. The van der Waals surface area contributed by atoms with Gasteiger partial charge < -0.3 is 4.74 Å². The first-order valence-electron chi connectivity index (χ1n) is 17.9. The Hall–Kier alpha value is -2.81. The molecule has 0 N–H and O–H groups in total. The maximum atomic E-state index is 15.1. The van der Waals surface area contributed by atoms with Gasteiger partial charge in [-0.3, -0.25) is 14.5 Å². The lowest BCUT2D eigenvalue weighted by atomic mass is 9.71. The van der Waals surface area contributed by atoms with Crippen molar-refractivity contribution in [3.05, 3.63) is 70.0 Å². The molecule has 2 unspecified atom stereocenters. The standard InChI is InChI=1S/C40H54F5NO3/c1-24-13-15-26(35(43)34(24)42)22-32(38(48)49-40(5,6)7)46-20-9-10-25(19-21-46)14-18-33(47)30-23-27(39(2,3)4)11-8-12-28(30)29-16-17-31(41)37(45)36(29)44/h13,15-17,25,27-28,30,32H,8-12,14,18-23H2,1-7H3/t25?,27?,28-,30+,32-/m0/s1. The topological polar surface area (TPSA) is 46.6 Å². The summed E-state index contributed by atoms with van der Waals surface area (Å²) < 4.78 is 78.4. The van der Waals surface area contributed by atoms with Gasteiger partial charge in [-0.25, -0.2) is 22.0 Å². The second-order valence-electron chi connectivity index (χ2n) is 16.5. The van der Waals surface area contributed by atoms with Crippen LogP contribution in [0.25, 0.3) is 0 Å². The highest BCUT2D eigenvalue weighted by Gasteiger charge is 2.40. The first kappa shape index (κ1) is 39.0. The average Bonchev–Trinajstić information content (AvgIpc) is 3.39. The highest BCUT2D eigenvalue weighted by molar-refractivity contribution is 5.82. The van der Waals surface area contributed by atoms with Crippen molar-refractivity contribution in [2.75, 3.05) is 13.1 Å². The molecule has 0 aromatic heterocycles. The number of nitrogens with zero attached hydrogens (tertiary/aromatic N) is 1. The summed E-state index contributed by atoms with van der Waals surface area (Å²) in [7, 11) is 0. The number of benzene rings is 2. The van der Waals surface area contributed by atoms with E-state index in [1.807, 2.05) is 4.90 Å². The molecule has 0 radical (unpaired) electrons. The van der Waals surface area contributed by atoms with Gasteiger partial charge in [0.25, 0.3) is 0 Å². The Bertz CT molecular complexity index is 1480. The van der Waals surface area contributed by atoms with Crippen LogP contribution in [0.5, 0.6) is 0 Å². The van der Waals surface area contributed by atoms with Crippen molar-refractivity contribution >= 4 is 11.8 Å². The zero-order valence-corrected chi connectivity index (χ0v) is 30.2. The monoisotopic (exact) mass is 691 g/mol. The Balaban J connectivity index is 1.49. The Morgan fingerprint density at radius 3 is 2.22 bits per heavy atom. The maximum Gasteiger partial charge on any atom is 0.324 e. The lowest BCUT2D eigenvalue weighted by molar-refractivity contribution is -0.161. The van der Waals surface area contributed by atoms with Crippen LogP contribution in [0.15, 0.2) is 24.3 Å². The summed E-state index contributed by atoms with van der Waals surface area (Å²) in [6.07, 6.45) is 5.90. The number of carbonyl (C=O) groups excluding carboxylic acids is 2. The normalized spacial score (nSPS) is 23.4. The second-order valence-corrected chi connectivity index (χ2v) is 16.5. The van der Waals surface area contributed by atoms with Gasteiger partial charge in [-0.2, -0.15) is 0 Å². The summed E-state index contributed by atoms with van der Waals surface area (Å²) in [4.78, 5) is 29.5. The van der Waals surface area contributed by atoms with Crippen LogP contribution >= 0.6 is 0 Å². The minimum atomic E-state index is -1.50. The van der Waals surface area contributed by atoms with Gasteiger partial charge in [-0.05, 0) is 132 Å². The summed E-state index contributed by atoms with van der Waals surface area (Å²) >= 11 is 0. The van der Waals surface area contributed by atoms with E-state index in [0.29, 0.717) is 38.8 Å². The smallest absolute Gasteiger partial charge is 0.324 e. The van der Waals surface area contributed by atoms with Crippen LogP contribution in [0.3, 0.4) is 0 Å². The fraction of sp³-hybridized carbons (Fsp3) is 0.650. The molecular formula is C40H54F5NO3. The molecule has 9 heteroatoms. The number of rotatable bonds is 9. The summed E-state index contributed by atoms with van der Waals surface area (Å²) in [6.45, 7) is 14.3. The SMILES string of the molecule is Cc1ccc(C[C@@H](C(=O)OC(C)(C)C)N2CCCC(CCC(=O)[C@@H]3CC(C(C)(C)C)CCC[C@H]3c3ccc(F)c(F)c3F)CC2)c(F)c1F. The van der Waals surface area contributed by atoms with Crippen molar-refractivity contribution in [2.24, 2.45) is 23.2 Å². The van der Waals surface area contributed by atoms with Crippen molar-refractivity contribution in [2.45, 2.75) is 130 Å². The third-order valence-corrected chi connectivity index (χ3v) is 10.8. The fourth-order valence-electron chi connectivity index (χ4n) is 7.82. The molecular weight excluding hydrogens is 637 g/mol. The molecule has 2 fully saturated rings. The Morgan fingerprint density at radius 1 is 0.837 bits per heavy atom. The maximum absolute atomic E-state index is 15.1. The minimum absolute atomic E-state index is 0.0230. The van der Waals surface area contributed by atoms with Crippen LogP contribution in [-0.2, 0) is 20.7 Å². The Kier molecular flexibility index (Phi) is 12.8. The number of likely N-dealkylation sites (tertiary alicyclic amines) is 1. The Labute approximate surface area is 289 Å². The van der Waals surface area contributed by atoms with E-state index in [-0.39, 0.29) is 52.6 Å². The van der Waals surface area contributed by atoms with Gasteiger partial charge >= 0.3 is 5.97 Å². The average molecular weight is 692 g/mol. The minimum Gasteiger partial charge on any atom is -0.459 e. The summed E-state index contributed by atoms with van der Waals surface area (Å²) in [6, 6.07) is 4.48. The third-order valence-electron chi connectivity index (χ3n) is 10.8. The molecule has 1 saturated heterocycles. The van der Waals surface area contributed by atoms with Crippen molar-refractivity contribution in [1.29, 1.82) is 0 Å². The van der Waals surface area contributed by atoms with Gasteiger partial charge in [-0.15, -0.1) is 0 Å². The van der Waals surface area contributed by atoms with Crippen LogP contribution in [0, 0.1) is 59.2 Å². The van der Waals surface area contributed by atoms with E-state index in [4.69, 9.17) is 4.74 Å². The zero-order chi connectivity index (χ0) is 36.3. The van der Waals surface area contributed by atoms with Crippen molar-refractivity contribution in [1.82, 2.24) is 4.90 Å². The zero-order valence-electron chi connectivity index (χ0n) is 30.2. The van der Waals surface area contributed by atoms with Crippen LogP contribution in [-0.4, -0.2) is 41.4 Å². The number of hydrogen-bond acceptors (Lipinski definition) is 4. The predicted molar refractivity (Wildman–Crippen MR) is 182 cm³/mol. The summed E-state index contributed by atoms with van der Waals surface area (Å²) in [5, 5.41) is 0. The number of halogens is 5. The number of esters is 1. The van der Waals surface area contributed by atoms with Crippen molar-refractivity contribution in [3.63, 3.8) is 0 Å². The quantitative estimate of drug-likeness (QED) is 0.114. The fourth-order valence-corrected chi connectivity index (χ4v) is 7.82. The van der Waals surface area contributed by atoms with E-state index in [1.54, 1.807) is 20.8 Å². The van der Waals surface area contributed by atoms with Gasteiger partial charge in [-0.1, -0.05) is 45.4 Å². The summed E-state index contributed by atoms with van der Waals surface area (Å²) in [5.74, 6) is -6.89. The number of ether oxygens (including phenoxy) is 1. The van der Waals surface area contributed by atoms with Gasteiger partial charge in [0.05, 0.1) is 0 Å². The van der Waals surface area contributed by atoms with Crippen LogP contribution in [0.2, 0.25) is 0 Å². The summed E-state index contributed by atoms with van der Waals surface area (Å²) in [5.41, 5.74) is -0.431. The number of hydrogen-bond donors (Lipinski definition) is 0. The van der Waals surface area contributed by atoms with Crippen LogP contribution in [0.4, 0.5) is 22.0 Å². The molecule has 2 aliphatic rings. The molecule has 1 aliphatic carbocycles. The predicted octanol–water partition coefficient (Wildman–Crippen LogP) is 10.0. The first-order valence-corrected chi connectivity index (χ1v) is 17.9. The number of aryl methyl sites for hydroxylation is 1. The highest BCUT2D eigenvalue weighted by Crippen LogP contribution is 2.46. The van der Waals surface area contributed by atoms with E-state index >= 15 is 4.39 Å². The second kappa shape index (κ2) is 16.0. The molecule has 1 saturated carbocycles. The lowest BCUT2D eigenvalue weighted by Gasteiger charge is -2.33. The van der Waals surface area contributed by atoms with E-state index in [2.05, 4.69) is 20.8 Å². The number of carbonyl (C=O) groups is 2. The van der Waals surface area contributed by atoms with Gasteiger partial charge in [0.1, 0.15) is 17.4 Å². The third kappa shape index (κ3) is 9.92. The molecule has 4 nitrogen and oxygen atoms in total. The molecule has 1 aliphatic heterocycles. The molecule has 49 heavy (non-hydrogen) atoms. The van der Waals surface area contributed by atoms with Gasteiger partial charge in [0, 0.05) is 18.8 Å². The van der Waals surface area contributed by atoms with Crippen LogP contribution < -0.4 is 0 Å². The molecule has 5 atom stereocenters. The molecule has 2 aromatic rings. The van der Waals surface area contributed by atoms with Crippen molar-refractivity contribution in [3.8, 4) is 0 Å². The van der Waals surface area contributed by atoms with E-state index in [9.17, 15) is 27.2 Å². The molecule has 0 spiro atoms. The van der Waals surface area contributed by atoms with E-state index in [0.717, 1.165) is 31.7 Å². The number of ketones is 1. The van der Waals surface area contributed by atoms with Crippen LogP contribution in [0.1, 0.15) is 122 Å². The number of Topliss-reactive ketones (excluding diaryl/α,β-unsaturated/α-hetero) is 1. The molecule has 0 bridgehead atoms. The molecule has 0 amide bonds. The molecule has 272 valence electrons. The molecule has 2 aromatic carbocycles. The van der Waals surface area contributed by atoms with Gasteiger partial charge in [0.2, 0.25) is 0 Å². The van der Waals surface area contributed by atoms with E-state index in [1.165, 1.54) is 25.1 Å². The highest BCUT2D eigenvalue weighted by atomic mass is 19.2. The van der Waals surface area contributed by atoms with Crippen molar-refractivity contribution < 1.29 is 36.3 Å².